The number of aliphatic imine (C=N–C) groups is 1. The molecule has 0 amide bonds. The topological polar surface area (TPSA) is 15.6 Å². The summed E-state index contributed by atoms with van der Waals surface area (Å²) in [6.07, 6.45) is 11.2. The first-order chi connectivity index (χ1) is 9.09. The lowest BCUT2D eigenvalue weighted by molar-refractivity contribution is 0.215. The Morgan fingerprint density at radius 1 is 0.947 bits per heavy atom. The summed E-state index contributed by atoms with van der Waals surface area (Å²) in [7, 11) is 0. The van der Waals surface area contributed by atoms with Crippen LogP contribution in [0.3, 0.4) is 0 Å². The van der Waals surface area contributed by atoms with Crippen LogP contribution in [0, 0.1) is 5.92 Å². The summed E-state index contributed by atoms with van der Waals surface area (Å²) < 4.78 is 0. The fraction of sp³-hybridized carbons (Fsp3) is 0.941. The molecule has 1 aliphatic heterocycles. The minimum absolute atomic E-state index is 0.434. The second-order valence-corrected chi connectivity index (χ2v) is 7.02. The van der Waals surface area contributed by atoms with Gasteiger partial charge in [-0.05, 0) is 46.5 Å². The van der Waals surface area contributed by atoms with Gasteiger partial charge in [-0.25, -0.2) is 0 Å². The highest BCUT2D eigenvalue weighted by Crippen LogP contribution is 2.36. The Hall–Kier alpha value is -0.530. The van der Waals surface area contributed by atoms with E-state index in [1.165, 1.54) is 57.2 Å². The molecule has 1 saturated heterocycles. The van der Waals surface area contributed by atoms with Crippen LogP contribution in [-0.4, -0.2) is 28.9 Å². The second kappa shape index (κ2) is 6.76. The minimum Gasteiger partial charge on any atom is -0.355 e. The number of fused-ring (bicyclic) bond motifs is 1. The van der Waals surface area contributed by atoms with Gasteiger partial charge in [-0.2, -0.15) is 0 Å². The Morgan fingerprint density at radius 3 is 2.21 bits per heavy atom. The largest absolute Gasteiger partial charge is 0.355 e. The van der Waals surface area contributed by atoms with Crippen LogP contribution in [0.1, 0.15) is 79.1 Å². The maximum Gasteiger partial charge on any atom is 0.100 e. The first kappa shape index (κ1) is 14.9. The normalized spacial score (nSPS) is 31.5. The average molecular weight is 264 g/mol. The van der Waals surface area contributed by atoms with Gasteiger partial charge in [-0.1, -0.05) is 32.1 Å². The van der Waals surface area contributed by atoms with Crippen LogP contribution >= 0.6 is 0 Å². The van der Waals surface area contributed by atoms with Crippen LogP contribution in [-0.2, 0) is 0 Å². The fourth-order valence-corrected chi connectivity index (χ4v) is 3.95. The molecule has 2 heteroatoms. The highest BCUT2D eigenvalue weighted by Gasteiger charge is 2.38. The van der Waals surface area contributed by atoms with Crippen molar-refractivity contribution in [1.82, 2.24) is 4.90 Å². The van der Waals surface area contributed by atoms with Crippen molar-refractivity contribution in [2.24, 2.45) is 10.9 Å². The molecule has 2 fully saturated rings. The number of hydrogen-bond acceptors (Lipinski definition) is 1. The first-order valence-corrected chi connectivity index (χ1v) is 8.44. The third kappa shape index (κ3) is 3.73. The Bertz CT molecular complexity index is 306. The van der Waals surface area contributed by atoms with E-state index in [4.69, 9.17) is 4.99 Å². The maximum absolute atomic E-state index is 4.93. The molecule has 2 atom stereocenters. The van der Waals surface area contributed by atoms with Gasteiger partial charge in [0.2, 0.25) is 0 Å². The van der Waals surface area contributed by atoms with E-state index in [1.54, 1.807) is 0 Å². The number of rotatable bonds is 2. The molecule has 19 heavy (non-hydrogen) atoms. The fourth-order valence-electron chi connectivity index (χ4n) is 3.95. The first-order valence-electron chi connectivity index (χ1n) is 8.44. The predicted molar refractivity (Wildman–Crippen MR) is 83.8 cm³/mol. The molecule has 0 aromatic carbocycles. The van der Waals surface area contributed by atoms with Crippen molar-refractivity contribution in [3.63, 3.8) is 0 Å². The molecular formula is C17H32N2. The van der Waals surface area contributed by atoms with Crippen LogP contribution in [0.4, 0.5) is 0 Å². The van der Waals surface area contributed by atoms with E-state index in [2.05, 4.69) is 32.6 Å². The Labute approximate surface area is 119 Å². The van der Waals surface area contributed by atoms with Crippen molar-refractivity contribution in [3.05, 3.63) is 0 Å². The van der Waals surface area contributed by atoms with Crippen LogP contribution in [0.2, 0.25) is 0 Å². The molecule has 0 radical (unpaired) electrons. The van der Waals surface area contributed by atoms with Gasteiger partial charge in [0.05, 0.1) is 0 Å². The molecule has 0 N–H and O–H groups in total. The van der Waals surface area contributed by atoms with Gasteiger partial charge in [-0.15, -0.1) is 0 Å². The number of likely N-dealkylation sites (tertiary alicyclic amines) is 1. The van der Waals surface area contributed by atoms with Crippen molar-refractivity contribution in [1.29, 1.82) is 0 Å². The molecular weight excluding hydrogens is 232 g/mol. The molecule has 1 saturated carbocycles. The van der Waals surface area contributed by atoms with Gasteiger partial charge in [0.15, 0.2) is 0 Å². The Kier molecular flexibility index (Phi) is 5.29. The lowest BCUT2D eigenvalue weighted by Gasteiger charge is -2.33. The molecule has 110 valence electrons. The highest BCUT2D eigenvalue weighted by atomic mass is 15.3. The summed E-state index contributed by atoms with van der Waals surface area (Å²) in [5.41, 5.74) is 0. The van der Waals surface area contributed by atoms with Crippen LogP contribution in [0.5, 0.6) is 0 Å². The van der Waals surface area contributed by atoms with Crippen molar-refractivity contribution >= 4 is 5.84 Å². The van der Waals surface area contributed by atoms with Crippen LogP contribution in [0.25, 0.3) is 0 Å². The zero-order valence-electron chi connectivity index (χ0n) is 13.4. The molecule has 0 aromatic heterocycles. The summed E-state index contributed by atoms with van der Waals surface area (Å²) >= 11 is 0. The zero-order chi connectivity index (χ0) is 13.8. The standard InChI is InChI=1S/C17H32N2/c1-13(2)18-17-12-15-10-8-6-5-7-9-11-16(15)19(17)14(3)4/h13-16H,5-12H2,1-4H3/b18-17+. The Morgan fingerprint density at radius 2 is 1.58 bits per heavy atom. The van der Waals surface area contributed by atoms with Gasteiger partial charge < -0.3 is 4.90 Å². The summed E-state index contributed by atoms with van der Waals surface area (Å²) in [4.78, 5) is 7.59. The van der Waals surface area contributed by atoms with Gasteiger partial charge >= 0.3 is 0 Å². The van der Waals surface area contributed by atoms with E-state index < -0.39 is 0 Å². The third-order valence-corrected chi connectivity index (χ3v) is 4.68. The van der Waals surface area contributed by atoms with Crippen molar-refractivity contribution < 1.29 is 0 Å². The smallest absolute Gasteiger partial charge is 0.100 e. The second-order valence-electron chi connectivity index (χ2n) is 7.02. The monoisotopic (exact) mass is 264 g/mol. The van der Waals surface area contributed by atoms with E-state index in [-0.39, 0.29) is 0 Å². The summed E-state index contributed by atoms with van der Waals surface area (Å²) in [5.74, 6) is 2.28. The Balaban J connectivity index is 2.17. The number of nitrogens with zero attached hydrogens (tertiary/aromatic N) is 2. The van der Waals surface area contributed by atoms with Crippen molar-refractivity contribution in [2.45, 2.75) is 97.2 Å². The molecule has 0 spiro atoms. The summed E-state index contributed by atoms with van der Waals surface area (Å²) in [6, 6.07) is 1.81. The van der Waals surface area contributed by atoms with Gasteiger partial charge in [0.25, 0.3) is 0 Å². The van der Waals surface area contributed by atoms with Crippen molar-refractivity contribution in [3.8, 4) is 0 Å². The minimum atomic E-state index is 0.434. The molecule has 2 nitrogen and oxygen atoms in total. The molecule has 2 unspecified atom stereocenters. The van der Waals surface area contributed by atoms with E-state index in [9.17, 15) is 0 Å². The summed E-state index contributed by atoms with van der Waals surface area (Å²) in [6.45, 7) is 9.09. The van der Waals surface area contributed by atoms with E-state index >= 15 is 0 Å². The molecule has 0 aromatic rings. The highest BCUT2D eigenvalue weighted by molar-refractivity contribution is 5.85. The van der Waals surface area contributed by atoms with Crippen LogP contribution in [0.15, 0.2) is 4.99 Å². The van der Waals surface area contributed by atoms with Gasteiger partial charge in [0.1, 0.15) is 5.84 Å². The van der Waals surface area contributed by atoms with Crippen LogP contribution < -0.4 is 0 Å². The zero-order valence-corrected chi connectivity index (χ0v) is 13.4. The van der Waals surface area contributed by atoms with Gasteiger partial charge in [-0.3, -0.25) is 4.99 Å². The molecule has 2 rings (SSSR count). The maximum atomic E-state index is 4.93. The molecule has 0 bridgehead atoms. The molecule has 1 heterocycles. The average Bonchev–Trinajstić information content (AvgIpc) is 2.67. The SMILES string of the molecule is CC(C)/N=C1\CC2CCCCCCCC2N1C(C)C. The van der Waals surface area contributed by atoms with E-state index in [1.807, 2.05) is 0 Å². The quantitative estimate of drug-likeness (QED) is 0.709. The molecule has 1 aliphatic carbocycles. The van der Waals surface area contributed by atoms with Gasteiger partial charge in [0, 0.05) is 24.5 Å². The third-order valence-electron chi connectivity index (χ3n) is 4.68. The number of amidine groups is 1. The summed E-state index contributed by atoms with van der Waals surface area (Å²) in [5, 5.41) is 0. The molecule has 2 aliphatic rings. The lowest BCUT2D eigenvalue weighted by atomic mass is 9.92. The predicted octanol–water partition coefficient (Wildman–Crippen LogP) is 4.64. The number of hydrogen-bond donors (Lipinski definition) is 0. The lowest BCUT2D eigenvalue weighted by Crippen LogP contribution is -2.40. The van der Waals surface area contributed by atoms with Crippen molar-refractivity contribution in [2.75, 3.05) is 0 Å². The van der Waals surface area contributed by atoms with E-state index in [0.717, 1.165) is 12.0 Å². The van der Waals surface area contributed by atoms with E-state index in [0.29, 0.717) is 12.1 Å².